The van der Waals surface area contributed by atoms with E-state index in [2.05, 4.69) is 10.2 Å². The number of aromatic nitrogens is 2. The SMILES string of the molecule is Cc1cc(C(=O)Cc2c(F)cccc2Cl)c(C)nn1. The molecule has 3 nitrogen and oxygen atoms in total. The maximum Gasteiger partial charge on any atom is 0.169 e. The van der Waals surface area contributed by atoms with E-state index in [-0.39, 0.29) is 22.8 Å². The second-order valence-electron chi connectivity index (χ2n) is 4.28. The van der Waals surface area contributed by atoms with E-state index in [1.807, 2.05) is 0 Å². The van der Waals surface area contributed by atoms with E-state index in [0.717, 1.165) is 0 Å². The first-order valence-corrected chi connectivity index (χ1v) is 6.14. The summed E-state index contributed by atoms with van der Waals surface area (Å²) < 4.78 is 13.6. The van der Waals surface area contributed by atoms with Gasteiger partial charge in [-0.2, -0.15) is 10.2 Å². The third-order valence-corrected chi connectivity index (χ3v) is 3.15. The Kier molecular flexibility index (Phi) is 3.90. The van der Waals surface area contributed by atoms with Gasteiger partial charge >= 0.3 is 0 Å². The highest BCUT2D eigenvalue weighted by molar-refractivity contribution is 6.31. The lowest BCUT2D eigenvalue weighted by molar-refractivity contribution is 0.0990. The van der Waals surface area contributed by atoms with Crippen molar-refractivity contribution in [1.29, 1.82) is 0 Å². The molecule has 2 rings (SSSR count). The normalized spacial score (nSPS) is 10.5. The van der Waals surface area contributed by atoms with Crippen molar-refractivity contribution in [3.05, 3.63) is 57.6 Å². The maximum atomic E-state index is 13.6. The van der Waals surface area contributed by atoms with Crippen molar-refractivity contribution in [2.45, 2.75) is 20.3 Å². The highest BCUT2D eigenvalue weighted by atomic mass is 35.5. The average molecular weight is 279 g/mol. The molecule has 5 heteroatoms. The predicted molar refractivity (Wildman–Crippen MR) is 71.0 cm³/mol. The molecule has 1 heterocycles. The number of benzene rings is 1. The van der Waals surface area contributed by atoms with Crippen LogP contribution < -0.4 is 0 Å². The van der Waals surface area contributed by atoms with Crippen molar-refractivity contribution in [2.75, 3.05) is 0 Å². The van der Waals surface area contributed by atoms with Gasteiger partial charge in [0.1, 0.15) is 5.82 Å². The van der Waals surface area contributed by atoms with Crippen molar-refractivity contribution in [3.63, 3.8) is 0 Å². The Morgan fingerprint density at radius 1 is 1.32 bits per heavy atom. The summed E-state index contributed by atoms with van der Waals surface area (Å²) in [7, 11) is 0. The molecule has 0 fully saturated rings. The van der Waals surface area contributed by atoms with Crippen LogP contribution >= 0.6 is 11.6 Å². The van der Waals surface area contributed by atoms with Gasteiger partial charge in [-0.3, -0.25) is 4.79 Å². The monoisotopic (exact) mass is 278 g/mol. The summed E-state index contributed by atoms with van der Waals surface area (Å²) in [5.41, 5.74) is 1.84. The molecule has 0 aliphatic heterocycles. The molecule has 19 heavy (non-hydrogen) atoms. The van der Waals surface area contributed by atoms with Crippen LogP contribution in [0.4, 0.5) is 4.39 Å². The molecule has 0 atom stereocenters. The Morgan fingerprint density at radius 3 is 2.74 bits per heavy atom. The Bertz CT molecular complexity index is 623. The van der Waals surface area contributed by atoms with Crippen LogP contribution in [0.2, 0.25) is 5.02 Å². The van der Waals surface area contributed by atoms with Crippen LogP contribution in [-0.4, -0.2) is 16.0 Å². The fourth-order valence-electron chi connectivity index (χ4n) is 1.79. The minimum absolute atomic E-state index is 0.0858. The fourth-order valence-corrected chi connectivity index (χ4v) is 2.02. The number of hydrogen-bond donors (Lipinski definition) is 0. The number of rotatable bonds is 3. The number of hydrogen-bond acceptors (Lipinski definition) is 3. The highest BCUT2D eigenvalue weighted by Gasteiger charge is 2.16. The Labute approximate surface area is 115 Å². The molecule has 0 unspecified atom stereocenters. The van der Waals surface area contributed by atoms with Gasteiger partial charge in [-0.25, -0.2) is 4.39 Å². The van der Waals surface area contributed by atoms with Crippen molar-refractivity contribution in [1.82, 2.24) is 10.2 Å². The molecule has 0 radical (unpaired) electrons. The molecule has 1 aromatic heterocycles. The van der Waals surface area contributed by atoms with Crippen LogP contribution in [0.3, 0.4) is 0 Å². The van der Waals surface area contributed by atoms with Gasteiger partial charge in [-0.05, 0) is 32.0 Å². The van der Waals surface area contributed by atoms with Crippen molar-refractivity contribution < 1.29 is 9.18 Å². The smallest absolute Gasteiger partial charge is 0.169 e. The molecule has 0 saturated heterocycles. The summed E-state index contributed by atoms with van der Waals surface area (Å²) in [5.74, 6) is -0.695. The lowest BCUT2D eigenvalue weighted by Crippen LogP contribution is -2.10. The van der Waals surface area contributed by atoms with Crippen molar-refractivity contribution in [2.24, 2.45) is 0 Å². The molecule has 0 spiro atoms. The van der Waals surface area contributed by atoms with E-state index in [4.69, 9.17) is 11.6 Å². The van der Waals surface area contributed by atoms with Crippen LogP contribution in [0.5, 0.6) is 0 Å². The minimum atomic E-state index is -0.475. The largest absolute Gasteiger partial charge is 0.294 e. The zero-order chi connectivity index (χ0) is 14.0. The van der Waals surface area contributed by atoms with Crippen LogP contribution in [-0.2, 0) is 6.42 Å². The summed E-state index contributed by atoms with van der Waals surface area (Å²) >= 11 is 5.91. The van der Waals surface area contributed by atoms with Gasteiger partial charge in [-0.1, -0.05) is 17.7 Å². The molecule has 2 aromatic rings. The molecule has 0 aliphatic carbocycles. The number of aryl methyl sites for hydroxylation is 2. The van der Waals surface area contributed by atoms with E-state index in [1.54, 1.807) is 26.0 Å². The molecule has 0 amide bonds. The summed E-state index contributed by atoms with van der Waals surface area (Å²) in [6.07, 6.45) is -0.0858. The van der Waals surface area contributed by atoms with Gasteiger partial charge in [0.15, 0.2) is 5.78 Å². The van der Waals surface area contributed by atoms with Crippen molar-refractivity contribution >= 4 is 17.4 Å². The fraction of sp³-hybridized carbons (Fsp3) is 0.214. The summed E-state index contributed by atoms with van der Waals surface area (Å²) in [6.45, 7) is 3.45. The molecule has 0 bridgehead atoms. The highest BCUT2D eigenvalue weighted by Crippen LogP contribution is 2.21. The summed E-state index contributed by atoms with van der Waals surface area (Å²) in [6, 6.07) is 6.02. The molecular weight excluding hydrogens is 267 g/mol. The second kappa shape index (κ2) is 5.45. The molecule has 98 valence electrons. The van der Waals surface area contributed by atoms with E-state index in [1.165, 1.54) is 12.1 Å². The van der Waals surface area contributed by atoms with Crippen molar-refractivity contribution in [3.8, 4) is 0 Å². The Balaban J connectivity index is 2.34. The number of ketones is 1. The Hall–Kier alpha value is -1.81. The van der Waals surface area contributed by atoms with Gasteiger partial charge in [0.2, 0.25) is 0 Å². The molecule has 0 aliphatic rings. The lowest BCUT2D eigenvalue weighted by atomic mass is 10.0. The third kappa shape index (κ3) is 2.96. The Morgan fingerprint density at radius 2 is 2.05 bits per heavy atom. The van der Waals surface area contributed by atoms with E-state index in [9.17, 15) is 9.18 Å². The number of carbonyl (C=O) groups is 1. The van der Waals surface area contributed by atoms with Gasteiger partial charge < -0.3 is 0 Å². The zero-order valence-corrected chi connectivity index (χ0v) is 11.3. The first-order valence-electron chi connectivity index (χ1n) is 5.76. The van der Waals surface area contributed by atoms with Crippen LogP contribution in [0.1, 0.15) is 27.3 Å². The molecule has 0 N–H and O–H groups in total. The number of halogens is 2. The third-order valence-electron chi connectivity index (χ3n) is 2.80. The first-order chi connectivity index (χ1) is 8.99. The first kappa shape index (κ1) is 13.6. The van der Waals surface area contributed by atoms with Crippen LogP contribution in [0.25, 0.3) is 0 Å². The predicted octanol–water partition coefficient (Wildman–Crippen LogP) is 3.31. The summed E-state index contributed by atoms with van der Waals surface area (Å²) in [4.78, 5) is 12.2. The maximum absolute atomic E-state index is 13.6. The molecule has 1 aromatic carbocycles. The van der Waals surface area contributed by atoms with E-state index >= 15 is 0 Å². The van der Waals surface area contributed by atoms with E-state index in [0.29, 0.717) is 17.0 Å². The lowest BCUT2D eigenvalue weighted by Gasteiger charge is -2.07. The summed E-state index contributed by atoms with van der Waals surface area (Å²) in [5, 5.41) is 8.00. The van der Waals surface area contributed by atoms with Crippen LogP contribution in [0, 0.1) is 19.7 Å². The topological polar surface area (TPSA) is 42.9 Å². The minimum Gasteiger partial charge on any atom is -0.294 e. The quantitative estimate of drug-likeness (QED) is 0.809. The number of Topliss-reactive ketones (excluding diaryl/α,β-unsaturated/α-hetero) is 1. The second-order valence-corrected chi connectivity index (χ2v) is 4.69. The van der Waals surface area contributed by atoms with Gasteiger partial charge in [0.05, 0.1) is 11.4 Å². The van der Waals surface area contributed by atoms with Gasteiger partial charge in [0.25, 0.3) is 0 Å². The van der Waals surface area contributed by atoms with Crippen LogP contribution in [0.15, 0.2) is 24.3 Å². The average Bonchev–Trinajstić information content (AvgIpc) is 2.37. The van der Waals surface area contributed by atoms with Gasteiger partial charge in [0, 0.05) is 22.6 Å². The zero-order valence-electron chi connectivity index (χ0n) is 10.6. The van der Waals surface area contributed by atoms with Gasteiger partial charge in [-0.15, -0.1) is 0 Å². The molecule has 0 saturated carbocycles. The molecular formula is C14H12ClFN2O. The number of nitrogens with zero attached hydrogens (tertiary/aromatic N) is 2. The van der Waals surface area contributed by atoms with E-state index < -0.39 is 5.82 Å². The number of carbonyl (C=O) groups excluding carboxylic acids is 1. The standard InChI is InChI=1S/C14H12ClFN2O/c1-8-6-10(9(2)18-17-8)14(19)7-11-12(15)4-3-5-13(11)16/h3-6H,7H2,1-2H3.